The lowest BCUT2D eigenvalue weighted by Gasteiger charge is -2.26. The van der Waals surface area contributed by atoms with Crippen LogP contribution in [0.5, 0.6) is 5.75 Å². The van der Waals surface area contributed by atoms with Crippen LogP contribution in [0, 0.1) is 17.8 Å². The first-order valence-corrected chi connectivity index (χ1v) is 16.1. The third-order valence-corrected chi connectivity index (χ3v) is 10.2. The highest BCUT2D eigenvalue weighted by molar-refractivity contribution is 7.91. The number of allylic oxidation sites excluding steroid dienone is 1. The number of hydrogen-bond acceptors (Lipinski definition) is 9. The molecule has 4 aliphatic rings. The minimum atomic E-state index is -3.78. The summed E-state index contributed by atoms with van der Waals surface area (Å²) in [6, 6.07) is 0.171. The van der Waals surface area contributed by atoms with Crippen molar-refractivity contribution in [3.63, 3.8) is 0 Å². The molecule has 0 aromatic carbocycles. The molecule has 0 unspecified atom stereocenters. The number of nitrogens with one attached hydrogen (secondary N) is 3. The van der Waals surface area contributed by atoms with Gasteiger partial charge in [0, 0.05) is 25.6 Å². The van der Waals surface area contributed by atoms with Crippen LogP contribution in [0.25, 0.3) is 0 Å². The van der Waals surface area contributed by atoms with Crippen LogP contribution in [0.2, 0.25) is 0 Å². The van der Waals surface area contributed by atoms with E-state index in [0.717, 1.165) is 19.3 Å². The monoisotopic (exact) mass is 588 g/mol. The fourth-order valence-electron chi connectivity index (χ4n) is 5.79. The van der Waals surface area contributed by atoms with Crippen LogP contribution in [0.15, 0.2) is 24.5 Å². The van der Waals surface area contributed by atoms with Crippen molar-refractivity contribution < 1.29 is 27.5 Å². The van der Waals surface area contributed by atoms with Crippen LogP contribution in [0.4, 0.5) is 5.95 Å². The number of amides is 3. The highest BCUT2D eigenvalue weighted by Crippen LogP contribution is 2.47. The van der Waals surface area contributed by atoms with Gasteiger partial charge in [0.1, 0.15) is 11.6 Å². The first-order chi connectivity index (χ1) is 19.5. The Morgan fingerprint density at radius 1 is 1.15 bits per heavy atom. The molecule has 5 rings (SSSR count). The van der Waals surface area contributed by atoms with Gasteiger partial charge in [-0.2, -0.15) is 0 Å². The van der Waals surface area contributed by atoms with Gasteiger partial charge in [0.2, 0.25) is 27.8 Å². The fraction of sp³-hybridized carbons (Fsp3) is 0.679. The Hall–Kier alpha value is -3.22. The van der Waals surface area contributed by atoms with Crippen molar-refractivity contribution in [3.8, 4) is 5.75 Å². The summed E-state index contributed by atoms with van der Waals surface area (Å²) in [5.74, 6) is -2.08. The van der Waals surface area contributed by atoms with Gasteiger partial charge in [-0.05, 0) is 65.2 Å². The number of aromatic nitrogens is 2. The molecule has 3 aliphatic carbocycles. The maximum atomic E-state index is 13.8. The predicted octanol–water partition coefficient (Wildman–Crippen LogP) is 1.75. The van der Waals surface area contributed by atoms with Gasteiger partial charge in [-0.25, -0.2) is 18.4 Å². The Bertz CT molecular complexity index is 1300. The first-order valence-electron chi connectivity index (χ1n) is 14.5. The highest BCUT2D eigenvalue weighted by atomic mass is 32.2. The fourth-order valence-corrected chi connectivity index (χ4v) is 7.16. The van der Waals surface area contributed by atoms with Crippen molar-refractivity contribution >= 4 is 33.7 Å². The van der Waals surface area contributed by atoms with E-state index in [4.69, 9.17) is 4.74 Å². The second kappa shape index (κ2) is 11.6. The molecule has 3 saturated carbocycles. The van der Waals surface area contributed by atoms with Crippen molar-refractivity contribution in [2.45, 2.75) is 88.1 Å². The molecule has 1 aliphatic heterocycles. The lowest BCUT2D eigenvalue weighted by molar-refractivity contribution is -0.140. The summed E-state index contributed by atoms with van der Waals surface area (Å²) >= 11 is 0. The summed E-state index contributed by atoms with van der Waals surface area (Å²) in [6.07, 6.45) is 10.9. The topological polar surface area (TPSA) is 160 Å². The Morgan fingerprint density at radius 2 is 1.85 bits per heavy atom. The molecule has 3 fully saturated rings. The third kappa shape index (κ3) is 6.65. The molecule has 0 spiro atoms. The van der Waals surface area contributed by atoms with Crippen LogP contribution in [-0.4, -0.2) is 77.5 Å². The second-order valence-corrected chi connectivity index (χ2v) is 14.1. The molecule has 0 saturated heterocycles. The number of hydrogen-bond donors (Lipinski definition) is 3. The molecule has 0 radical (unpaired) electrons. The summed E-state index contributed by atoms with van der Waals surface area (Å²) < 4.78 is 33.5. The second-order valence-electron chi connectivity index (χ2n) is 12.1. The van der Waals surface area contributed by atoms with Gasteiger partial charge < -0.3 is 20.3 Å². The predicted molar refractivity (Wildman–Crippen MR) is 151 cm³/mol. The molecule has 1 aromatic heterocycles. The molecule has 41 heavy (non-hydrogen) atoms. The van der Waals surface area contributed by atoms with Gasteiger partial charge in [0.15, 0.2) is 5.75 Å². The summed E-state index contributed by atoms with van der Waals surface area (Å²) in [5.41, 5.74) is -1.36. The maximum absolute atomic E-state index is 13.8. The van der Waals surface area contributed by atoms with Crippen molar-refractivity contribution in [2.75, 3.05) is 18.9 Å². The largest absolute Gasteiger partial charge is 0.487 e. The van der Waals surface area contributed by atoms with Crippen molar-refractivity contribution in [1.29, 1.82) is 0 Å². The van der Waals surface area contributed by atoms with E-state index in [1.807, 2.05) is 26.0 Å². The number of sulfonamides is 1. The first kappa shape index (κ1) is 29.3. The molecular weight excluding hydrogens is 548 g/mol. The van der Waals surface area contributed by atoms with Gasteiger partial charge in [-0.3, -0.25) is 19.1 Å². The summed E-state index contributed by atoms with van der Waals surface area (Å²) in [4.78, 5) is 50.9. The molecule has 5 atom stereocenters. The van der Waals surface area contributed by atoms with Crippen molar-refractivity contribution in [1.82, 2.24) is 24.9 Å². The number of carbonyl (C=O) groups excluding carboxylic acids is 3. The number of fused-ring (bicyclic) bond motifs is 2. The Labute approximate surface area is 241 Å². The molecular formula is C28H40N6O6S. The van der Waals surface area contributed by atoms with Crippen LogP contribution >= 0.6 is 0 Å². The van der Waals surface area contributed by atoms with E-state index in [1.165, 1.54) is 0 Å². The Morgan fingerprint density at radius 3 is 2.54 bits per heavy atom. The number of nitrogens with zero attached hydrogens (tertiary/aromatic N) is 3. The smallest absolute Gasteiger partial charge is 0.259 e. The minimum absolute atomic E-state index is 0.140. The van der Waals surface area contributed by atoms with E-state index >= 15 is 0 Å². The van der Waals surface area contributed by atoms with E-state index in [-0.39, 0.29) is 24.3 Å². The zero-order valence-electron chi connectivity index (χ0n) is 23.8. The normalized spacial score (nSPS) is 31.4. The Balaban J connectivity index is 1.35. The summed E-state index contributed by atoms with van der Waals surface area (Å²) in [6.45, 7) is 4.54. The van der Waals surface area contributed by atoms with Crippen LogP contribution in [0.3, 0.4) is 0 Å². The molecule has 2 heterocycles. The van der Waals surface area contributed by atoms with Crippen LogP contribution in [0.1, 0.15) is 65.2 Å². The molecule has 224 valence electrons. The van der Waals surface area contributed by atoms with Gasteiger partial charge in [-0.1, -0.05) is 12.2 Å². The van der Waals surface area contributed by atoms with E-state index in [9.17, 15) is 22.8 Å². The number of carbonyl (C=O) groups is 3. The summed E-state index contributed by atoms with van der Waals surface area (Å²) in [7, 11) is -2.04. The van der Waals surface area contributed by atoms with E-state index in [1.54, 1.807) is 24.3 Å². The molecule has 12 nitrogen and oxygen atoms in total. The highest BCUT2D eigenvalue weighted by Gasteiger charge is 2.62. The third-order valence-electron chi connectivity index (χ3n) is 8.35. The number of rotatable bonds is 7. The van der Waals surface area contributed by atoms with E-state index in [0.29, 0.717) is 43.9 Å². The average Bonchev–Trinajstić information content (AvgIpc) is 3.83. The molecule has 0 bridgehead atoms. The van der Waals surface area contributed by atoms with Gasteiger partial charge >= 0.3 is 0 Å². The Kier molecular flexibility index (Phi) is 8.27. The number of ether oxygens (including phenoxy) is 1. The van der Waals surface area contributed by atoms with Gasteiger partial charge in [0.25, 0.3) is 5.91 Å². The maximum Gasteiger partial charge on any atom is 0.259 e. The van der Waals surface area contributed by atoms with E-state index < -0.39 is 50.6 Å². The van der Waals surface area contributed by atoms with Gasteiger partial charge in [0.05, 0.1) is 29.5 Å². The van der Waals surface area contributed by atoms with Crippen molar-refractivity contribution in [3.05, 3.63) is 24.5 Å². The lowest BCUT2D eigenvalue weighted by Crippen LogP contribution is -2.54. The lowest BCUT2D eigenvalue weighted by atomic mass is 9.93. The quantitative estimate of drug-likeness (QED) is 0.403. The molecule has 3 amide bonds. The summed E-state index contributed by atoms with van der Waals surface area (Å²) in [5, 5.41) is 5.45. The molecule has 1 aromatic rings. The van der Waals surface area contributed by atoms with Gasteiger partial charge in [-0.15, -0.1) is 0 Å². The SMILES string of the molecule is CC(C)Nc1ncc(O[C@@H]2C[C@H]3C(=O)N[C@@]4(C(=O)NS(=O)(=O)C5CC5)C[C@@H]4/C=C/CCCCN(C)C(=O)[C@@H]3C2)cn1. The standard InChI is InChI=1S/C28H40N6O6S/c1-17(2)31-27-29-15-20(16-30-27)40-19-12-22-23(13-19)25(36)34(3)11-7-5-4-6-8-18-14-28(18,32-24(22)35)26(37)33-41(38,39)21-9-10-21/h6,8,15-19,21-23H,4-5,7,9-14H2,1-3H3,(H,32,35)(H,33,37)(H,29,30,31)/b8-6+/t18-,19+,22+,23+,28-/m0/s1. The van der Waals surface area contributed by atoms with Crippen LogP contribution < -0.4 is 20.1 Å². The number of anilines is 1. The zero-order valence-corrected chi connectivity index (χ0v) is 24.7. The van der Waals surface area contributed by atoms with Crippen molar-refractivity contribution in [2.24, 2.45) is 17.8 Å². The molecule has 3 N–H and O–H groups in total. The minimum Gasteiger partial charge on any atom is -0.487 e. The zero-order chi connectivity index (χ0) is 29.4. The van der Waals surface area contributed by atoms with Crippen LogP contribution in [-0.2, 0) is 24.4 Å². The average molecular weight is 589 g/mol. The van der Waals surface area contributed by atoms with E-state index in [2.05, 4.69) is 25.3 Å². The molecule has 13 heteroatoms.